The van der Waals surface area contributed by atoms with Crippen molar-refractivity contribution in [1.29, 1.82) is 0 Å². The molecule has 0 spiro atoms. The number of aromatic nitrogens is 1. The molecule has 0 aliphatic rings. The Morgan fingerprint density at radius 2 is 1.82 bits per heavy atom. The smallest absolute Gasteiger partial charge is 0.248 e. The van der Waals surface area contributed by atoms with E-state index in [-0.39, 0.29) is 5.91 Å². The van der Waals surface area contributed by atoms with E-state index in [1.54, 1.807) is 29.5 Å². The number of para-hydroxylation sites is 1. The summed E-state index contributed by atoms with van der Waals surface area (Å²) in [6.07, 6.45) is 3.28. The molecular weight excluding hydrogens is 388 g/mol. The molecule has 28 heavy (non-hydrogen) atoms. The van der Waals surface area contributed by atoms with Crippen molar-refractivity contribution in [2.75, 3.05) is 5.32 Å². The number of amides is 1. The quantitative estimate of drug-likeness (QED) is 0.390. The number of anilines is 1. The lowest BCUT2D eigenvalue weighted by atomic mass is 10.1. The van der Waals surface area contributed by atoms with Gasteiger partial charge in [-0.3, -0.25) is 4.79 Å². The lowest BCUT2D eigenvalue weighted by Crippen LogP contribution is -2.09. The summed E-state index contributed by atoms with van der Waals surface area (Å²) in [4.78, 5) is 17.1. The second-order valence-electron chi connectivity index (χ2n) is 6.34. The minimum atomic E-state index is -0.181. The van der Waals surface area contributed by atoms with Gasteiger partial charge in [0.15, 0.2) is 0 Å². The third-order valence-electron chi connectivity index (χ3n) is 4.41. The number of nitrogens with one attached hydrogen (secondary N) is 1. The molecule has 5 heteroatoms. The molecular formula is C23H17ClN2OS. The van der Waals surface area contributed by atoms with E-state index < -0.39 is 0 Å². The zero-order valence-corrected chi connectivity index (χ0v) is 16.7. The first kappa shape index (κ1) is 18.4. The van der Waals surface area contributed by atoms with Gasteiger partial charge in [-0.15, -0.1) is 11.3 Å². The van der Waals surface area contributed by atoms with Crippen molar-refractivity contribution < 1.29 is 4.79 Å². The molecule has 4 aromatic rings. The van der Waals surface area contributed by atoms with E-state index in [0.29, 0.717) is 5.02 Å². The highest BCUT2D eigenvalue weighted by atomic mass is 35.5. The maximum Gasteiger partial charge on any atom is 0.248 e. The highest BCUT2D eigenvalue weighted by Crippen LogP contribution is 2.34. The monoisotopic (exact) mass is 404 g/mol. The van der Waals surface area contributed by atoms with Crippen LogP contribution < -0.4 is 5.32 Å². The minimum Gasteiger partial charge on any atom is -0.322 e. The van der Waals surface area contributed by atoms with Gasteiger partial charge in [0.2, 0.25) is 5.91 Å². The third kappa shape index (κ3) is 3.98. The maximum absolute atomic E-state index is 12.4. The molecule has 3 nitrogen and oxygen atoms in total. The number of benzene rings is 3. The van der Waals surface area contributed by atoms with Gasteiger partial charge in [0.05, 0.1) is 10.2 Å². The molecule has 0 bridgehead atoms. The van der Waals surface area contributed by atoms with Crippen LogP contribution in [0.5, 0.6) is 0 Å². The van der Waals surface area contributed by atoms with Crippen LogP contribution in [-0.4, -0.2) is 10.9 Å². The zero-order valence-electron chi connectivity index (χ0n) is 15.1. The molecule has 0 atom stereocenters. The number of carbonyl (C=O) groups is 1. The highest BCUT2D eigenvalue weighted by molar-refractivity contribution is 7.21. The Labute approximate surface area is 172 Å². The molecule has 0 saturated carbocycles. The van der Waals surface area contributed by atoms with Crippen molar-refractivity contribution in [3.63, 3.8) is 0 Å². The number of carbonyl (C=O) groups excluding carboxylic acids is 1. The molecule has 0 unspecified atom stereocenters. The van der Waals surface area contributed by atoms with Crippen LogP contribution in [0.15, 0.2) is 72.8 Å². The van der Waals surface area contributed by atoms with Crippen molar-refractivity contribution in [2.24, 2.45) is 0 Å². The second kappa shape index (κ2) is 7.97. The largest absolute Gasteiger partial charge is 0.322 e. The molecule has 1 N–H and O–H groups in total. The van der Waals surface area contributed by atoms with E-state index in [9.17, 15) is 4.79 Å². The summed E-state index contributed by atoms with van der Waals surface area (Å²) in [5.41, 5.74) is 4.71. The fourth-order valence-corrected chi connectivity index (χ4v) is 4.08. The summed E-state index contributed by atoms with van der Waals surface area (Å²) < 4.78 is 1.15. The van der Waals surface area contributed by atoms with E-state index >= 15 is 0 Å². The van der Waals surface area contributed by atoms with Gasteiger partial charge in [-0.2, -0.15) is 0 Å². The van der Waals surface area contributed by atoms with E-state index in [2.05, 4.69) is 11.4 Å². The predicted octanol–water partition coefficient (Wildman–Crippen LogP) is 6.58. The molecule has 0 aliphatic carbocycles. The number of hydrogen-bond acceptors (Lipinski definition) is 3. The molecule has 0 saturated heterocycles. The standard InChI is InChI=1S/C23H17ClN2OS/c1-15-18(23-26-20-6-2-3-8-21(20)28-23)5-4-7-19(15)25-22(27)14-11-16-9-12-17(24)13-10-16/h2-14H,1H3,(H,25,27)/b14-11+. The summed E-state index contributed by atoms with van der Waals surface area (Å²) >= 11 is 7.53. The average Bonchev–Trinajstić information content (AvgIpc) is 3.13. The summed E-state index contributed by atoms with van der Waals surface area (Å²) in [5, 5.41) is 4.58. The normalized spacial score (nSPS) is 11.2. The van der Waals surface area contributed by atoms with Crippen LogP contribution in [0.1, 0.15) is 11.1 Å². The molecule has 0 fully saturated rings. The Morgan fingerprint density at radius 1 is 1.04 bits per heavy atom. The van der Waals surface area contributed by atoms with Crippen molar-refractivity contribution in [1.82, 2.24) is 4.98 Å². The molecule has 1 aromatic heterocycles. The Balaban J connectivity index is 1.56. The van der Waals surface area contributed by atoms with Crippen LogP contribution in [0.4, 0.5) is 5.69 Å². The van der Waals surface area contributed by atoms with Gasteiger partial charge in [0.25, 0.3) is 0 Å². The van der Waals surface area contributed by atoms with Gasteiger partial charge in [0, 0.05) is 22.3 Å². The first-order chi connectivity index (χ1) is 13.6. The predicted molar refractivity (Wildman–Crippen MR) is 119 cm³/mol. The van der Waals surface area contributed by atoms with Gasteiger partial charge in [-0.25, -0.2) is 4.98 Å². The number of fused-ring (bicyclic) bond motifs is 1. The lowest BCUT2D eigenvalue weighted by molar-refractivity contribution is -0.111. The number of thiazole rings is 1. The topological polar surface area (TPSA) is 42.0 Å². The Hall–Kier alpha value is -2.95. The number of rotatable bonds is 4. The molecule has 138 valence electrons. The first-order valence-corrected chi connectivity index (χ1v) is 10.00. The van der Waals surface area contributed by atoms with Crippen LogP contribution in [0.2, 0.25) is 5.02 Å². The summed E-state index contributed by atoms with van der Waals surface area (Å²) in [6.45, 7) is 2.00. The minimum absolute atomic E-state index is 0.181. The maximum atomic E-state index is 12.4. The van der Waals surface area contributed by atoms with E-state index in [1.165, 1.54) is 6.08 Å². The van der Waals surface area contributed by atoms with Crippen molar-refractivity contribution in [2.45, 2.75) is 6.92 Å². The zero-order chi connectivity index (χ0) is 19.5. The Kier molecular flexibility index (Phi) is 5.24. The van der Waals surface area contributed by atoms with E-state index in [4.69, 9.17) is 16.6 Å². The van der Waals surface area contributed by atoms with Gasteiger partial charge in [-0.05, 0) is 54.5 Å². The van der Waals surface area contributed by atoms with E-state index in [1.807, 2.05) is 55.5 Å². The molecule has 0 radical (unpaired) electrons. The van der Waals surface area contributed by atoms with Crippen molar-refractivity contribution in [3.05, 3.63) is 89.0 Å². The molecule has 3 aromatic carbocycles. The fraction of sp³-hybridized carbons (Fsp3) is 0.0435. The third-order valence-corrected chi connectivity index (χ3v) is 5.73. The average molecular weight is 405 g/mol. The van der Waals surface area contributed by atoms with Crippen LogP contribution in [0, 0.1) is 6.92 Å². The van der Waals surface area contributed by atoms with Crippen molar-refractivity contribution >= 4 is 50.8 Å². The summed E-state index contributed by atoms with van der Waals surface area (Å²) in [7, 11) is 0. The van der Waals surface area contributed by atoms with Crippen LogP contribution >= 0.6 is 22.9 Å². The number of hydrogen-bond donors (Lipinski definition) is 1. The van der Waals surface area contributed by atoms with E-state index in [0.717, 1.165) is 37.6 Å². The SMILES string of the molecule is Cc1c(NC(=O)/C=C/c2ccc(Cl)cc2)cccc1-c1nc2ccccc2s1. The molecule has 0 aliphatic heterocycles. The lowest BCUT2D eigenvalue weighted by Gasteiger charge is -2.10. The van der Waals surface area contributed by atoms with Crippen LogP contribution in [0.25, 0.3) is 26.9 Å². The number of halogens is 1. The molecule has 1 heterocycles. The summed E-state index contributed by atoms with van der Waals surface area (Å²) in [6, 6.07) is 21.3. The number of nitrogens with zero attached hydrogens (tertiary/aromatic N) is 1. The van der Waals surface area contributed by atoms with Crippen molar-refractivity contribution in [3.8, 4) is 10.6 Å². The Morgan fingerprint density at radius 3 is 2.61 bits per heavy atom. The molecule has 4 rings (SSSR count). The van der Waals surface area contributed by atoms with Gasteiger partial charge >= 0.3 is 0 Å². The first-order valence-electron chi connectivity index (χ1n) is 8.80. The van der Waals surface area contributed by atoms with Gasteiger partial charge < -0.3 is 5.32 Å². The Bertz CT molecular complexity index is 1150. The molecule has 1 amide bonds. The second-order valence-corrected chi connectivity index (χ2v) is 7.81. The van der Waals surface area contributed by atoms with Crippen LogP contribution in [-0.2, 0) is 4.79 Å². The van der Waals surface area contributed by atoms with Gasteiger partial charge in [-0.1, -0.05) is 48.0 Å². The van der Waals surface area contributed by atoms with Gasteiger partial charge in [0.1, 0.15) is 5.01 Å². The fourth-order valence-electron chi connectivity index (χ4n) is 2.91. The highest BCUT2D eigenvalue weighted by Gasteiger charge is 2.11. The summed E-state index contributed by atoms with van der Waals surface area (Å²) in [5.74, 6) is -0.181. The van der Waals surface area contributed by atoms with Crippen LogP contribution in [0.3, 0.4) is 0 Å².